The van der Waals surface area contributed by atoms with Crippen molar-refractivity contribution in [3.8, 4) is 16.9 Å². The van der Waals surface area contributed by atoms with E-state index in [0.717, 1.165) is 11.1 Å². The van der Waals surface area contributed by atoms with Gasteiger partial charge in [0.1, 0.15) is 0 Å². The summed E-state index contributed by atoms with van der Waals surface area (Å²) in [5, 5.41) is 11.3. The van der Waals surface area contributed by atoms with Gasteiger partial charge in [-0.25, -0.2) is 0 Å². The number of halogens is 1. The van der Waals surface area contributed by atoms with Gasteiger partial charge in [0.25, 0.3) is 0 Å². The van der Waals surface area contributed by atoms with Gasteiger partial charge in [-0.1, -0.05) is 23.7 Å². The van der Waals surface area contributed by atoms with Crippen molar-refractivity contribution in [2.45, 2.75) is 0 Å². The van der Waals surface area contributed by atoms with Crippen LogP contribution in [0.1, 0.15) is 0 Å². The third kappa shape index (κ3) is 1.70. The predicted molar refractivity (Wildman–Crippen MR) is 54.8 cm³/mol. The lowest BCUT2D eigenvalue weighted by Crippen LogP contribution is -1.78. The van der Waals surface area contributed by atoms with Crippen molar-refractivity contribution < 1.29 is 5.11 Å². The van der Waals surface area contributed by atoms with Crippen molar-refractivity contribution in [2.24, 2.45) is 0 Å². The van der Waals surface area contributed by atoms with E-state index in [1.54, 1.807) is 24.5 Å². The first-order valence-electron chi connectivity index (χ1n) is 4.14. The molecule has 3 heteroatoms. The third-order valence-corrected chi connectivity index (χ3v) is 2.22. The molecule has 1 radical (unpaired) electrons. The zero-order valence-corrected chi connectivity index (χ0v) is 8.03. The zero-order chi connectivity index (χ0) is 9.97. The molecule has 1 heterocycles. The lowest BCUT2D eigenvalue weighted by atomic mass is 10.1. The smallest absolute Gasteiger partial charge is 0.197 e. The number of rotatable bonds is 1. The van der Waals surface area contributed by atoms with Gasteiger partial charge in [-0.2, -0.15) is 0 Å². The van der Waals surface area contributed by atoms with E-state index >= 15 is 0 Å². The quantitative estimate of drug-likeness (QED) is 0.699. The lowest BCUT2D eigenvalue weighted by Gasteiger charge is -2.01. The van der Waals surface area contributed by atoms with Gasteiger partial charge >= 0.3 is 0 Å². The van der Waals surface area contributed by atoms with Crippen LogP contribution in [0.25, 0.3) is 11.1 Å². The first kappa shape index (κ1) is 9.03. The molecular formula is C11H7ClNO. The van der Waals surface area contributed by atoms with Gasteiger partial charge in [-0.15, -0.1) is 0 Å². The summed E-state index contributed by atoms with van der Waals surface area (Å²) in [6.45, 7) is 0. The minimum Gasteiger partial charge on any atom is -0.288 e. The van der Waals surface area contributed by atoms with E-state index in [9.17, 15) is 5.11 Å². The average Bonchev–Trinajstić information content (AvgIpc) is 2.23. The van der Waals surface area contributed by atoms with E-state index in [0.29, 0.717) is 0 Å². The van der Waals surface area contributed by atoms with Gasteiger partial charge in [0.15, 0.2) is 5.75 Å². The van der Waals surface area contributed by atoms with Crippen LogP contribution in [0.5, 0.6) is 5.75 Å². The SMILES string of the molecule is [O]c1ccc(-c2cccnc2)cc1Cl. The number of hydrogen-bond donors (Lipinski definition) is 0. The van der Waals surface area contributed by atoms with Crippen LogP contribution >= 0.6 is 11.6 Å². The highest BCUT2D eigenvalue weighted by Gasteiger charge is 2.03. The molecule has 0 atom stereocenters. The highest BCUT2D eigenvalue weighted by Crippen LogP contribution is 2.29. The molecule has 0 N–H and O–H groups in total. The molecule has 0 aliphatic heterocycles. The topological polar surface area (TPSA) is 32.8 Å². The maximum Gasteiger partial charge on any atom is 0.197 e. The molecule has 2 nitrogen and oxygen atoms in total. The summed E-state index contributed by atoms with van der Waals surface area (Å²) in [6.07, 6.45) is 3.43. The summed E-state index contributed by atoms with van der Waals surface area (Å²) in [7, 11) is 0. The summed E-state index contributed by atoms with van der Waals surface area (Å²) in [6, 6.07) is 8.62. The molecule has 0 saturated heterocycles. The molecule has 0 amide bonds. The largest absolute Gasteiger partial charge is 0.288 e. The highest BCUT2D eigenvalue weighted by molar-refractivity contribution is 6.32. The van der Waals surface area contributed by atoms with Gasteiger partial charge in [0.05, 0.1) is 5.02 Å². The van der Waals surface area contributed by atoms with Crippen molar-refractivity contribution in [1.82, 2.24) is 4.98 Å². The minimum atomic E-state index is -0.153. The molecule has 0 aliphatic rings. The van der Waals surface area contributed by atoms with E-state index in [1.807, 2.05) is 12.1 Å². The van der Waals surface area contributed by atoms with E-state index < -0.39 is 0 Å². The minimum absolute atomic E-state index is 0.153. The van der Waals surface area contributed by atoms with Crippen LogP contribution in [0.15, 0.2) is 42.7 Å². The summed E-state index contributed by atoms with van der Waals surface area (Å²) in [4.78, 5) is 3.99. The Hall–Kier alpha value is -1.54. The number of aromatic nitrogens is 1. The fraction of sp³-hybridized carbons (Fsp3) is 0. The van der Waals surface area contributed by atoms with E-state index in [-0.39, 0.29) is 10.8 Å². The molecule has 2 aromatic rings. The molecule has 14 heavy (non-hydrogen) atoms. The Labute approximate surface area is 86.8 Å². The molecule has 0 unspecified atom stereocenters. The Morgan fingerprint density at radius 1 is 1.14 bits per heavy atom. The summed E-state index contributed by atoms with van der Waals surface area (Å²) < 4.78 is 0. The second-order valence-electron chi connectivity index (χ2n) is 2.89. The summed E-state index contributed by atoms with van der Waals surface area (Å²) >= 11 is 5.73. The Morgan fingerprint density at radius 3 is 2.64 bits per heavy atom. The van der Waals surface area contributed by atoms with Crippen LogP contribution in [-0.2, 0) is 5.11 Å². The van der Waals surface area contributed by atoms with Gasteiger partial charge in [0, 0.05) is 18.0 Å². The van der Waals surface area contributed by atoms with Crippen molar-refractivity contribution in [3.05, 3.63) is 47.7 Å². The lowest BCUT2D eigenvalue weighted by molar-refractivity contribution is 0.355. The Kier molecular flexibility index (Phi) is 2.37. The van der Waals surface area contributed by atoms with Gasteiger partial charge < -0.3 is 0 Å². The van der Waals surface area contributed by atoms with Gasteiger partial charge in [-0.3, -0.25) is 10.1 Å². The molecule has 0 bridgehead atoms. The molecule has 0 spiro atoms. The van der Waals surface area contributed by atoms with Crippen LogP contribution in [0, 0.1) is 0 Å². The fourth-order valence-corrected chi connectivity index (χ4v) is 1.39. The molecule has 0 saturated carbocycles. The molecular weight excluding hydrogens is 198 g/mol. The first-order valence-corrected chi connectivity index (χ1v) is 4.52. The van der Waals surface area contributed by atoms with Crippen molar-refractivity contribution in [1.29, 1.82) is 0 Å². The maximum absolute atomic E-state index is 11.1. The van der Waals surface area contributed by atoms with Gasteiger partial charge in [0.2, 0.25) is 0 Å². The van der Waals surface area contributed by atoms with Crippen LogP contribution in [0.4, 0.5) is 0 Å². The van der Waals surface area contributed by atoms with Crippen molar-refractivity contribution in [2.75, 3.05) is 0 Å². The molecule has 0 aliphatic carbocycles. The normalized spacial score (nSPS) is 10.1. The predicted octanol–water partition coefficient (Wildman–Crippen LogP) is 3.55. The van der Waals surface area contributed by atoms with E-state index in [4.69, 9.17) is 11.6 Å². The highest BCUT2D eigenvalue weighted by atomic mass is 35.5. The fourth-order valence-electron chi connectivity index (χ4n) is 1.21. The Morgan fingerprint density at radius 2 is 2.00 bits per heavy atom. The number of benzene rings is 1. The number of hydrogen-bond acceptors (Lipinski definition) is 1. The Bertz CT molecular complexity index is 442. The third-order valence-electron chi connectivity index (χ3n) is 1.93. The monoisotopic (exact) mass is 204 g/mol. The Balaban J connectivity index is 2.48. The second-order valence-corrected chi connectivity index (χ2v) is 3.29. The number of pyridine rings is 1. The first-order chi connectivity index (χ1) is 6.77. The van der Waals surface area contributed by atoms with Crippen LogP contribution in [0.2, 0.25) is 5.02 Å². The van der Waals surface area contributed by atoms with E-state index in [1.165, 1.54) is 6.07 Å². The zero-order valence-electron chi connectivity index (χ0n) is 7.27. The van der Waals surface area contributed by atoms with Crippen molar-refractivity contribution in [3.63, 3.8) is 0 Å². The molecule has 0 fully saturated rings. The second kappa shape index (κ2) is 3.68. The van der Waals surface area contributed by atoms with Gasteiger partial charge in [-0.05, 0) is 23.8 Å². The molecule has 69 valence electrons. The van der Waals surface area contributed by atoms with E-state index in [2.05, 4.69) is 4.98 Å². The molecule has 1 aromatic heterocycles. The molecule has 1 aromatic carbocycles. The molecule has 2 rings (SSSR count). The van der Waals surface area contributed by atoms with Crippen molar-refractivity contribution >= 4 is 11.6 Å². The standard InChI is InChI=1S/C11H7ClNO/c12-10-6-8(3-4-11(10)14)9-2-1-5-13-7-9/h1-7H. The maximum atomic E-state index is 11.1. The summed E-state index contributed by atoms with van der Waals surface area (Å²) in [5.41, 5.74) is 1.86. The van der Waals surface area contributed by atoms with Crippen LogP contribution in [-0.4, -0.2) is 4.98 Å². The van der Waals surface area contributed by atoms with Crippen LogP contribution in [0.3, 0.4) is 0 Å². The average molecular weight is 205 g/mol. The number of nitrogens with zero attached hydrogens (tertiary/aromatic N) is 1. The summed E-state index contributed by atoms with van der Waals surface area (Å²) in [5.74, 6) is -0.153. The van der Waals surface area contributed by atoms with Crippen LogP contribution < -0.4 is 0 Å².